The molecular weight excluding hydrogens is 342 g/mol. The standard InChI is InChI=1S/C14H14BrNO3S/c1-18-10-3-4-11(19-2)9(7-10)8-16-14(17)12-5-6-13(15)20-12/h3-7H,8H2,1-2H3,(H,16,17). The third-order valence-corrected chi connectivity index (χ3v) is 4.35. The Bertz CT molecular complexity index is 612. The highest BCUT2D eigenvalue weighted by atomic mass is 79.9. The first kappa shape index (κ1) is 14.9. The molecule has 0 radical (unpaired) electrons. The zero-order valence-electron chi connectivity index (χ0n) is 11.1. The van der Waals surface area contributed by atoms with Crippen LogP contribution in [0.3, 0.4) is 0 Å². The van der Waals surface area contributed by atoms with Gasteiger partial charge in [0.1, 0.15) is 11.5 Å². The largest absolute Gasteiger partial charge is 0.497 e. The first-order chi connectivity index (χ1) is 9.63. The van der Waals surface area contributed by atoms with Crippen LogP contribution in [0.25, 0.3) is 0 Å². The van der Waals surface area contributed by atoms with Crippen LogP contribution in [0.1, 0.15) is 15.2 Å². The van der Waals surface area contributed by atoms with Gasteiger partial charge in [0, 0.05) is 12.1 Å². The van der Waals surface area contributed by atoms with Gasteiger partial charge in [-0.2, -0.15) is 0 Å². The maximum atomic E-state index is 12.0. The van der Waals surface area contributed by atoms with E-state index in [-0.39, 0.29) is 5.91 Å². The van der Waals surface area contributed by atoms with E-state index in [1.165, 1.54) is 11.3 Å². The Kier molecular flexibility index (Phi) is 5.03. The van der Waals surface area contributed by atoms with Crippen molar-refractivity contribution in [1.29, 1.82) is 0 Å². The molecular formula is C14H14BrNO3S. The van der Waals surface area contributed by atoms with Crippen molar-refractivity contribution in [3.8, 4) is 11.5 Å². The molecule has 2 aromatic rings. The highest BCUT2D eigenvalue weighted by Gasteiger charge is 2.10. The van der Waals surface area contributed by atoms with Crippen LogP contribution in [-0.4, -0.2) is 20.1 Å². The normalized spacial score (nSPS) is 10.2. The molecule has 4 nitrogen and oxygen atoms in total. The summed E-state index contributed by atoms with van der Waals surface area (Å²) in [5, 5.41) is 2.87. The van der Waals surface area contributed by atoms with Crippen molar-refractivity contribution in [3.63, 3.8) is 0 Å². The molecule has 1 amide bonds. The molecule has 1 heterocycles. The number of hydrogen-bond acceptors (Lipinski definition) is 4. The molecule has 0 spiro atoms. The minimum Gasteiger partial charge on any atom is -0.497 e. The lowest BCUT2D eigenvalue weighted by Crippen LogP contribution is -2.22. The van der Waals surface area contributed by atoms with Crippen molar-refractivity contribution in [2.75, 3.05) is 14.2 Å². The number of rotatable bonds is 5. The summed E-state index contributed by atoms with van der Waals surface area (Å²) >= 11 is 4.74. The van der Waals surface area contributed by atoms with Gasteiger partial charge >= 0.3 is 0 Å². The molecule has 2 rings (SSSR count). The second-order valence-electron chi connectivity index (χ2n) is 3.96. The van der Waals surface area contributed by atoms with Crippen LogP contribution in [0.5, 0.6) is 11.5 Å². The maximum Gasteiger partial charge on any atom is 0.261 e. The number of carbonyl (C=O) groups is 1. The summed E-state index contributed by atoms with van der Waals surface area (Å²) in [5.74, 6) is 1.35. The minimum absolute atomic E-state index is 0.106. The number of ether oxygens (including phenoxy) is 2. The monoisotopic (exact) mass is 355 g/mol. The Balaban J connectivity index is 2.08. The van der Waals surface area contributed by atoms with Gasteiger partial charge in [0.15, 0.2) is 0 Å². The summed E-state index contributed by atoms with van der Waals surface area (Å²) in [5.41, 5.74) is 0.871. The summed E-state index contributed by atoms with van der Waals surface area (Å²) < 4.78 is 11.4. The van der Waals surface area contributed by atoms with Crippen molar-refractivity contribution in [1.82, 2.24) is 5.32 Å². The van der Waals surface area contributed by atoms with Crippen molar-refractivity contribution in [2.24, 2.45) is 0 Å². The van der Waals surface area contributed by atoms with E-state index in [1.54, 1.807) is 20.3 Å². The molecule has 1 N–H and O–H groups in total. The number of hydrogen-bond donors (Lipinski definition) is 1. The van der Waals surface area contributed by atoms with Gasteiger partial charge in [-0.1, -0.05) is 0 Å². The van der Waals surface area contributed by atoms with Gasteiger partial charge in [-0.05, 0) is 46.3 Å². The van der Waals surface area contributed by atoms with Gasteiger partial charge in [-0.25, -0.2) is 0 Å². The quantitative estimate of drug-likeness (QED) is 0.893. The minimum atomic E-state index is -0.106. The summed E-state index contributed by atoms with van der Waals surface area (Å²) in [6.07, 6.45) is 0. The van der Waals surface area contributed by atoms with E-state index in [1.807, 2.05) is 24.3 Å². The summed E-state index contributed by atoms with van der Waals surface area (Å²) in [6, 6.07) is 9.13. The van der Waals surface area contributed by atoms with Gasteiger partial charge < -0.3 is 14.8 Å². The third-order valence-electron chi connectivity index (χ3n) is 2.72. The average Bonchev–Trinajstić information content (AvgIpc) is 2.91. The number of thiophene rings is 1. The van der Waals surface area contributed by atoms with Crippen molar-refractivity contribution < 1.29 is 14.3 Å². The number of carbonyl (C=O) groups excluding carboxylic acids is 1. The Morgan fingerprint density at radius 1 is 1.25 bits per heavy atom. The van der Waals surface area contributed by atoms with E-state index in [0.717, 1.165) is 20.8 Å². The Labute approximate surface area is 129 Å². The maximum absolute atomic E-state index is 12.0. The van der Waals surface area contributed by atoms with Crippen LogP contribution in [-0.2, 0) is 6.54 Å². The van der Waals surface area contributed by atoms with Crippen LogP contribution >= 0.6 is 27.3 Å². The zero-order valence-corrected chi connectivity index (χ0v) is 13.5. The number of amides is 1. The van der Waals surface area contributed by atoms with E-state index >= 15 is 0 Å². The van der Waals surface area contributed by atoms with Crippen molar-refractivity contribution in [3.05, 3.63) is 44.6 Å². The van der Waals surface area contributed by atoms with Crippen LogP contribution in [0.2, 0.25) is 0 Å². The van der Waals surface area contributed by atoms with Gasteiger partial charge in [0.05, 0.1) is 22.9 Å². The van der Waals surface area contributed by atoms with Crippen LogP contribution in [0.15, 0.2) is 34.1 Å². The average molecular weight is 356 g/mol. The molecule has 0 aliphatic rings. The van der Waals surface area contributed by atoms with Crippen molar-refractivity contribution in [2.45, 2.75) is 6.54 Å². The van der Waals surface area contributed by atoms with E-state index in [2.05, 4.69) is 21.2 Å². The molecule has 0 fully saturated rings. The fourth-order valence-corrected chi connectivity index (χ4v) is 3.02. The second kappa shape index (κ2) is 6.76. The van der Waals surface area contributed by atoms with Gasteiger partial charge in [-0.15, -0.1) is 11.3 Å². The smallest absolute Gasteiger partial charge is 0.261 e. The van der Waals surface area contributed by atoms with Crippen LogP contribution in [0, 0.1) is 0 Å². The molecule has 0 aliphatic heterocycles. The SMILES string of the molecule is COc1ccc(OC)c(CNC(=O)c2ccc(Br)s2)c1. The molecule has 1 aromatic carbocycles. The zero-order chi connectivity index (χ0) is 14.5. The molecule has 0 aliphatic carbocycles. The molecule has 0 bridgehead atoms. The van der Waals surface area contributed by atoms with E-state index < -0.39 is 0 Å². The molecule has 0 saturated heterocycles. The molecule has 1 aromatic heterocycles. The Morgan fingerprint density at radius 2 is 2.05 bits per heavy atom. The molecule has 0 atom stereocenters. The second-order valence-corrected chi connectivity index (χ2v) is 6.43. The summed E-state index contributed by atoms with van der Waals surface area (Å²) in [4.78, 5) is 12.7. The van der Waals surface area contributed by atoms with E-state index in [9.17, 15) is 4.79 Å². The number of benzene rings is 1. The molecule has 6 heteroatoms. The summed E-state index contributed by atoms with van der Waals surface area (Å²) in [7, 11) is 3.21. The van der Waals surface area contributed by atoms with Crippen LogP contribution in [0.4, 0.5) is 0 Å². The van der Waals surface area contributed by atoms with Crippen molar-refractivity contribution >= 4 is 33.2 Å². The molecule has 20 heavy (non-hydrogen) atoms. The first-order valence-electron chi connectivity index (χ1n) is 5.88. The topological polar surface area (TPSA) is 47.6 Å². The highest BCUT2D eigenvalue weighted by Crippen LogP contribution is 2.25. The number of methoxy groups -OCH3 is 2. The predicted octanol–water partition coefficient (Wildman–Crippen LogP) is 3.46. The summed E-state index contributed by atoms with van der Waals surface area (Å²) in [6.45, 7) is 0.384. The van der Waals surface area contributed by atoms with E-state index in [4.69, 9.17) is 9.47 Å². The van der Waals surface area contributed by atoms with Gasteiger partial charge in [0.2, 0.25) is 0 Å². The lowest BCUT2D eigenvalue weighted by atomic mass is 10.2. The fraction of sp³-hybridized carbons (Fsp3) is 0.214. The van der Waals surface area contributed by atoms with Gasteiger partial charge in [0.25, 0.3) is 5.91 Å². The molecule has 0 saturated carbocycles. The first-order valence-corrected chi connectivity index (χ1v) is 7.49. The van der Waals surface area contributed by atoms with Gasteiger partial charge in [-0.3, -0.25) is 4.79 Å². The highest BCUT2D eigenvalue weighted by molar-refractivity contribution is 9.11. The lowest BCUT2D eigenvalue weighted by molar-refractivity contribution is 0.0954. The fourth-order valence-electron chi connectivity index (χ4n) is 1.72. The molecule has 106 valence electrons. The lowest BCUT2D eigenvalue weighted by Gasteiger charge is -2.11. The third kappa shape index (κ3) is 3.52. The Hall–Kier alpha value is -1.53. The number of halogens is 1. The predicted molar refractivity (Wildman–Crippen MR) is 82.7 cm³/mol. The Morgan fingerprint density at radius 3 is 2.65 bits per heavy atom. The van der Waals surface area contributed by atoms with E-state index in [0.29, 0.717) is 11.4 Å². The van der Waals surface area contributed by atoms with Crippen LogP contribution < -0.4 is 14.8 Å². The number of nitrogens with one attached hydrogen (secondary N) is 1. The molecule has 0 unspecified atom stereocenters.